The van der Waals surface area contributed by atoms with Gasteiger partial charge in [-0.25, -0.2) is 0 Å². The summed E-state index contributed by atoms with van der Waals surface area (Å²) in [5.41, 5.74) is 0. The normalized spacial score (nSPS) is 11.8. The van der Waals surface area contributed by atoms with E-state index in [1.54, 1.807) is 13.8 Å². The second-order valence-corrected chi connectivity index (χ2v) is 1.71. The number of esters is 1. The molecule has 0 aromatic heterocycles. The van der Waals surface area contributed by atoms with Crippen LogP contribution >= 0.6 is 0 Å². The van der Waals surface area contributed by atoms with Crippen molar-refractivity contribution in [2.45, 2.75) is 26.6 Å². The number of ether oxygens (including phenoxy) is 2. The molecule has 3 nitrogen and oxygen atoms in total. The van der Waals surface area contributed by atoms with Gasteiger partial charge in [0, 0.05) is 13.3 Å². The molecule has 0 spiro atoms. The Morgan fingerprint density at radius 3 is 2.80 bits per heavy atom. The highest BCUT2D eigenvalue weighted by Gasteiger charge is 2.04. The van der Waals surface area contributed by atoms with Crippen molar-refractivity contribution in [3.63, 3.8) is 0 Å². The summed E-state index contributed by atoms with van der Waals surface area (Å²) < 4.78 is 9.44. The summed E-state index contributed by atoms with van der Waals surface area (Å²) in [6.07, 6.45) is 1.09. The van der Waals surface area contributed by atoms with Crippen LogP contribution in [0.15, 0.2) is 12.8 Å². The highest BCUT2D eigenvalue weighted by molar-refractivity contribution is 5.68. The first kappa shape index (κ1) is 9.01. The van der Waals surface area contributed by atoms with Crippen molar-refractivity contribution < 1.29 is 14.3 Å². The van der Waals surface area contributed by atoms with Crippen LogP contribution in [0.1, 0.15) is 20.3 Å². The van der Waals surface area contributed by atoms with Gasteiger partial charge < -0.3 is 9.47 Å². The molecule has 0 heterocycles. The van der Waals surface area contributed by atoms with Crippen LogP contribution in [0, 0.1) is 0 Å². The number of carbonyl (C=O) groups is 1. The molecular weight excluding hydrogens is 132 g/mol. The second kappa shape index (κ2) is 4.85. The van der Waals surface area contributed by atoms with Crippen LogP contribution in [0.25, 0.3) is 0 Å². The summed E-state index contributed by atoms with van der Waals surface area (Å²) in [7, 11) is 0. The standard InChI is InChI=1S/C7H12O3/c1-4-7(8)10-6(3)9-5-2/h5-6H,2,4H2,1,3H3. The molecule has 0 saturated carbocycles. The molecule has 0 aromatic carbocycles. The molecule has 1 unspecified atom stereocenters. The Labute approximate surface area is 60.6 Å². The molecule has 10 heavy (non-hydrogen) atoms. The maximum atomic E-state index is 10.6. The average Bonchev–Trinajstić information content (AvgIpc) is 1.88. The van der Waals surface area contributed by atoms with Crippen molar-refractivity contribution in [2.75, 3.05) is 0 Å². The third-order valence-electron chi connectivity index (χ3n) is 0.874. The van der Waals surface area contributed by atoms with E-state index in [4.69, 9.17) is 9.47 Å². The van der Waals surface area contributed by atoms with Gasteiger partial charge in [-0.3, -0.25) is 4.79 Å². The fourth-order valence-electron chi connectivity index (χ4n) is 0.432. The minimum Gasteiger partial charge on any atom is -0.463 e. The molecule has 0 N–H and O–H groups in total. The average molecular weight is 144 g/mol. The van der Waals surface area contributed by atoms with E-state index in [0.29, 0.717) is 6.42 Å². The molecule has 0 aliphatic rings. The van der Waals surface area contributed by atoms with E-state index in [2.05, 4.69) is 6.58 Å². The van der Waals surface area contributed by atoms with Crippen molar-refractivity contribution in [1.82, 2.24) is 0 Å². The maximum absolute atomic E-state index is 10.6. The van der Waals surface area contributed by atoms with Crippen molar-refractivity contribution in [3.05, 3.63) is 12.8 Å². The highest BCUT2D eigenvalue weighted by atomic mass is 16.7. The zero-order chi connectivity index (χ0) is 7.98. The maximum Gasteiger partial charge on any atom is 0.308 e. The Bertz CT molecular complexity index is 120. The molecule has 3 heteroatoms. The Morgan fingerprint density at radius 2 is 2.40 bits per heavy atom. The van der Waals surface area contributed by atoms with E-state index in [0.717, 1.165) is 0 Å². The fraction of sp³-hybridized carbons (Fsp3) is 0.571. The minimum absolute atomic E-state index is 0.269. The third-order valence-corrected chi connectivity index (χ3v) is 0.874. The monoisotopic (exact) mass is 144 g/mol. The number of hydrogen-bond donors (Lipinski definition) is 0. The summed E-state index contributed by atoms with van der Waals surface area (Å²) in [4.78, 5) is 10.6. The molecule has 0 aliphatic carbocycles. The summed E-state index contributed by atoms with van der Waals surface area (Å²) in [5.74, 6) is -0.269. The lowest BCUT2D eigenvalue weighted by atomic mass is 10.5. The fourth-order valence-corrected chi connectivity index (χ4v) is 0.432. The van der Waals surface area contributed by atoms with Crippen molar-refractivity contribution in [3.8, 4) is 0 Å². The molecule has 0 rings (SSSR count). The predicted molar refractivity (Wildman–Crippen MR) is 37.1 cm³/mol. The first-order chi connectivity index (χ1) is 4.70. The van der Waals surface area contributed by atoms with Gasteiger partial charge >= 0.3 is 5.97 Å². The first-order valence-corrected chi connectivity index (χ1v) is 3.16. The Balaban J connectivity index is 3.46. The van der Waals surface area contributed by atoms with Gasteiger partial charge in [0.15, 0.2) is 0 Å². The van der Waals surface area contributed by atoms with Crippen LogP contribution < -0.4 is 0 Å². The van der Waals surface area contributed by atoms with Gasteiger partial charge in [0.1, 0.15) is 0 Å². The summed E-state index contributed by atoms with van der Waals surface area (Å²) in [6, 6.07) is 0. The van der Waals surface area contributed by atoms with Crippen LogP contribution in [0.4, 0.5) is 0 Å². The molecule has 1 atom stereocenters. The summed E-state index contributed by atoms with van der Waals surface area (Å²) >= 11 is 0. The van der Waals surface area contributed by atoms with Crippen LogP contribution in [-0.4, -0.2) is 12.3 Å². The van der Waals surface area contributed by atoms with E-state index >= 15 is 0 Å². The molecule has 0 saturated heterocycles. The van der Waals surface area contributed by atoms with Crippen LogP contribution in [-0.2, 0) is 14.3 Å². The molecule has 0 amide bonds. The van der Waals surface area contributed by atoms with Gasteiger partial charge in [0.05, 0.1) is 6.26 Å². The third kappa shape index (κ3) is 3.95. The Kier molecular flexibility index (Phi) is 4.37. The van der Waals surface area contributed by atoms with E-state index in [1.807, 2.05) is 0 Å². The SMILES string of the molecule is C=COC(C)OC(=O)CC. The molecule has 0 fully saturated rings. The van der Waals surface area contributed by atoms with Gasteiger partial charge in [-0.15, -0.1) is 0 Å². The quantitative estimate of drug-likeness (QED) is 0.340. The summed E-state index contributed by atoms with van der Waals surface area (Å²) in [5, 5.41) is 0. The van der Waals surface area contributed by atoms with Crippen molar-refractivity contribution >= 4 is 5.97 Å². The molecule has 0 radical (unpaired) electrons. The molecule has 0 aromatic rings. The minimum atomic E-state index is -0.523. The van der Waals surface area contributed by atoms with Gasteiger partial charge in [0.2, 0.25) is 6.29 Å². The second-order valence-electron chi connectivity index (χ2n) is 1.71. The van der Waals surface area contributed by atoms with E-state index in [1.165, 1.54) is 6.26 Å². The van der Waals surface area contributed by atoms with E-state index in [-0.39, 0.29) is 5.97 Å². The zero-order valence-electron chi connectivity index (χ0n) is 6.29. The van der Waals surface area contributed by atoms with Gasteiger partial charge in [-0.05, 0) is 0 Å². The number of hydrogen-bond acceptors (Lipinski definition) is 3. The lowest BCUT2D eigenvalue weighted by Gasteiger charge is -2.10. The highest BCUT2D eigenvalue weighted by Crippen LogP contribution is 1.95. The smallest absolute Gasteiger partial charge is 0.308 e. The summed E-state index contributed by atoms with van der Waals surface area (Å²) in [6.45, 7) is 6.68. The van der Waals surface area contributed by atoms with E-state index in [9.17, 15) is 4.79 Å². The topological polar surface area (TPSA) is 35.5 Å². The number of carbonyl (C=O) groups excluding carboxylic acids is 1. The Hall–Kier alpha value is -0.990. The van der Waals surface area contributed by atoms with Gasteiger partial charge in [0.25, 0.3) is 0 Å². The zero-order valence-corrected chi connectivity index (χ0v) is 6.29. The largest absolute Gasteiger partial charge is 0.463 e. The predicted octanol–water partition coefficient (Wildman–Crippen LogP) is 1.45. The number of rotatable bonds is 4. The van der Waals surface area contributed by atoms with Crippen LogP contribution in [0.2, 0.25) is 0 Å². The van der Waals surface area contributed by atoms with Crippen molar-refractivity contribution in [1.29, 1.82) is 0 Å². The molecule has 0 aliphatic heterocycles. The van der Waals surface area contributed by atoms with Gasteiger partial charge in [-0.2, -0.15) is 0 Å². The van der Waals surface area contributed by atoms with E-state index < -0.39 is 6.29 Å². The van der Waals surface area contributed by atoms with Crippen molar-refractivity contribution in [2.24, 2.45) is 0 Å². The molecular formula is C7H12O3. The molecule has 58 valence electrons. The first-order valence-electron chi connectivity index (χ1n) is 3.16. The lowest BCUT2D eigenvalue weighted by Crippen LogP contribution is -2.14. The van der Waals surface area contributed by atoms with Gasteiger partial charge in [-0.1, -0.05) is 13.5 Å². The van der Waals surface area contributed by atoms with Crippen LogP contribution in [0.5, 0.6) is 0 Å². The molecule has 0 bridgehead atoms. The lowest BCUT2D eigenvalue weighted by molar-refractivity contribution is -0.165. The Morgan fingerprint density at radius 1 is 1.80 bits per heavy atom. The van der Waals surface area contributed by atoms with Crippen LogP contribution in [0.3, 0.4) is 0 Å².